The maximum atomic E-state index is 13.7. The normalized spacial score (nSPS) is 19.0. The van der Waals surface area contributed by atoms with Crippen LogP contribution in [0.5, 0.6) is 5.75 Å². The molecule has 186 valence electrons. The number of amides is 1. The molecule has 6 heteroatoms. The van der Waals surface area contributed by atoms with Crippen molar-refractivity contribution in [2.45, 2.75) is 58.9 Å². The van der Waals surface area contributed by atoms with Crippen LogP contribution in [0.2, 0.25) is 0 Å². The number of carbonyl (C=O) groups excluding carboxylic acids is 1. The first-order valence-corrected chi connectivity index (χ1v) is 13.7. The number of aryl methyl sites for hydroxylation is 1. The van der Waals surface area contributed by atoms with Crippen LogP contribution in [0.4, 0.5) is 5.69 Å². The molecule has 0 atom stereocenters. The Balaban J connectivity index is 1.48. The van der Waals surface area contributed by atoms with Gasteiger partial charge in [-0.1, -0.05) is 37.5 Å². The molecular weight excluding hydrogens is 466 g/mol. The van der Waals surface area contributed by atoms with E-state index in [1.807, 2.05) is 60.4 Å². The van der Waals surface area contributed by atoms with E-state index in [4.69, 9.17) is 9.73 Å². The van der Waals surface area contributed by atoms with Gasteiger partial charge >= 0.3 is 0 Å². The second-order valence-corrected chi connectivity index (χ2v) is 10.4. The van der Waals surface area contributed by atoms with Gasteiger partial charge in [0.05, 0.1) is 17.2 Å². The van der Waals surface area contributed by atoms with E-state index < -0.39 is 0 Å². The number of hydrogen-bond donors (Lipinski definition) is 0. The first kappa shape index (κ1) is 24.4. The van der Waals surface area contributed by atoms with Gasteiger partial charge in [-0.05, 0) is 99.5 Å². The van der Waals surface area contributed by atoms with Crippen LogP contribution in [0.25, 0.3) is 11.8 Å². The van der Waals surface area contributed by atoms with Crippen LogP contribution < -0.4 is 4.74 Å². The van der Waals surface area contributed by atoms with Gasteiger partial charge < -0.3 is 9.30 Å². The fourth-order valence-electron chi connectivity index (χ4n) is 5.17. The number of amidine groups is 1. The first-order valence-electron chi connectivity index (χ1n) is 12.8. The third kappa shape index (κ3) is 5.00. The molecule has 0 radical (unpaired) electrons. The van der Waals surface area contributed by atoms with Crippen LogP contribution in [0, 0.1) is 13.8 Å². The predicted molar refractivity (Wildman–Crippen MR) is 149 cm³/mol. The Kier molecular flexibility index (Phi) is 7.33. The minimum atomic E-state index is 0.0763. The standard InChI is InChI=1S/C30H33N3O2S/c1-4-35-27-17-15-26(16-18-27)32-21(2)19-23(22(32)3)20-28-29(34)33(25-13-9-6-10-14-25)30(36-28)31-24-11-7-5-8-12-24/h5,7-8,11-12,15-20,25H,4,6,9-10,13-14H2,1-3H3/b28-20-,31-30?. The van der Waals surface area contributed by atoms with Crippen LogP contribution in [-0.2, 0) is 4.79 Å². The molecule has 5 rings (SSSR count). The summed E-state index contributed by atoms with van der Waals surface area (Å²) >= 11 is 1.50. The molecule has 1 amide bonds. The van der Waals surface area contributed by atoms with Crippen molar-refractivity contribution in [1.29, 1.82) is 0 Å². The van der Waals surface area contributed by atoms with Crippen molar-refractivity contribution in [3.63, 3.8) is 0 Å². The largest absolute Gasteiger partial charge is 0.494 e. The molecule has 1 aliphatic carbocycles. The number of para-hydroxylation sites is 1. The Morgan fingerprint density at radius 1 is 1.03 bits per heavy atom. The summed E-state index contributed by atoms with van der Waals surface area (Å²) in [5.41, 5.74) is 5.25. The Hall–Kier alpha value is -3.25. The summed E-state index contributed by atoms with van der Waals surface area (Å²) in [6.45, 7) is 6.85. The van der Waals surface area contributed by atoms with Gasteiger partial charge in [0, 0.05) is 23.1 Å². The Labute approximate surface area is 217 Å². The number of rotatable bonds is 6. The second-order valence-electron chi connectivity index (χ2n) is 9.40. The third-order valence-electron chi connectivity index (χ3n) is 6.92. The number of ether oxygens (including phenoxy) is 1. The lowest BCUT2D eigenvalue weighted by Gasteiger charge is -2.30. The lowest BCUT2D eigenvalue weighted by molar-refractivity contribution is -0.124. The van der Waals surface area contributed by atoms with Gasteiger partial charge in [0.25, 0.3) is 5.91 Å². The predicted octanol–water partition coefficient (Wildman–Crippen LogP) is 7.43. The summed E-state index contributed by atoms with van der Waals surface area (Å²) in [4.78, 5) is 21.3. The SMILES string of the molecule is CCOc1ccc(-n2c(C)cc(/C=C3\SC(=Nc4ccccc4)N(C4CCCCC4)C3=O)c2C)cc1. The molecule has 5 nitrogen and oxygen atoms in total. The molecular formula is C30H33N3O2S. The molecule has 36 heavy (non-hydrogen) atoms. The van der Waals surface area contributed by atoms with E-state index in [2.05, 4.69) is 36.6 Å². The van der Waals surface area contributed by atoms with Gasteiger partial charge in [-0.25, -0.2) is 4.99 Å². The molecule has 2 fully saturated rings. The zero-order valence-corrected chi connectivity index (χ0v) is 22.1. The number of hydrogen-bond acceptors (Lipinski definition) is 4. The van der Waals surface area contributed by atoms with Crippen molar-refractivity contribution in [3.8, 4) is 11.4 Å². The van der Waals surface area contributed by atoms with Crippen molar-refractivity contribution < 1.29 is 9.53 Å². The van der Waals surface area contributed by atoms with Crippen LogP contribution in [0.1, 0.15) is 56.0 Å². The van der Waals surface area contributed by atoms with Gasteiger partial charge in [0.15, 0.2) is 5.17 Å². The Morgan fingerprint density at radius 2 is 1.75 bits per heavy atom. The van der Waals surface area contributed by atoms with E-state index in [1.165, 1.54) is 31.0 Å². The number of nitrogens with zero attached hydrogens (tertiary/aromatic N) is 3. The average molecular weight is 500 g/mol. The average Bonchev–Trinajstić information content (AvgIpc) is 3.35. The van der Waals surface area contributed by atoms with E-state index in [-0.39, 0.29) is 11.9 Å². The van der Waals surface area contributed by atoms with Crippen LogP contribution in [0.3, 0.4) is 0 Å². The highest BCUT2D eigenvalue weighted by Gasteiger charge is 2.38. The van der Waals surface area contributed by atoms with Crippen LogP contribution in [-0.4, -0.2) is 33.2 Å². The second kappa shape index (κ2) is 10.8. The molecule has 3 aromatic rings. The van der Waals surface area contributed by atoms with E-state index in [1.54, 1.807) is 0 Å². The van der Waals surface area contributed by atoms with Crippen molar-refractivity contribution in [2.24, 2.45) is 4.99 Å². The molecule has 2 heterocycles. The Morgan fingerprint density at radius 3 is 2.44 bits per heavy atom. The molecule has 1 saturated heterocycles. The number of benzene rings is 2. The van der Waals surface area contributed by atoms with Gasteiger partial charge in [-0.15, -0.1) is 0 Å². The highest BCUT2D eigenvalue weighted by Crippen LogP contribution is 2.39. The van der Waals surface area contributed by atoms with Crippen molar-refractivity contribution in [3.05, 3.63) is 82.5 Å². The molecule has 1 aromatic heterocycles. The smallest absolute Gasteiger partial charge is 0.267 e. The molecule has 0 unspecified atom stereocenters. The highest BCUT2D eigenvalue weighted by atomic mass is 32.2. The fraction of sp³-hybridized carbons (Fsp3) is 0.333. The minimum absolute atomic E-state index is 0.0763. The van der Waals surface area contributed by atoms with Crippen molar-refractivity contribution in [1.82, 2.24) is 9.47 Å². The van der Waals surface area contributed by atoms with E-state index in [9.17, 15) is 4.79 Å². The van der Waals surface area contributed by atoms with Gasteiger partial charge in [-0.3, -0.25) is 9.69 Å². The third-order valence-corrected chi connectivity index (χ3v) is 7.90. The fourth-order valence-corrected chi connectivity index (χ4v) is 6.22. The summed E-state index contributed by atoms with van der Waals surface area (Å²) in [7, 11) is 0. The van der Waals surface area contributed by atoms with Crippen molar-refractivity contribution in [2.75, 3.05) is 6.61 Å². The molecule has 0 spiro atoms. The van der Waals surface area contributed by atoms with E-state index in [0.29, 0.717) is 6.61 Å². The first-order chi connectivity index (χ1) is 17.5. The summed E-state index contributed by atoms with van der Waals surface area (Å²) in [5.74, 6) is 0.944. The number of aliphatic imine (C=N–C) groups is 1. The number of aromatic nitrogens is 1. The maximum Gasteiger partial charge on any atom is 0.267 e. The summed E-state index contributed by atoms with van der Waals surface area (Å²) < 4.78 is 7.83. The van der Waals surface area contributed by atoms with E-state index >= 15 is 0 Å². The van der Waals surface area contributed by atoms with Gasteiger partial charge in [-0.2, -0.15) is 0 Å². The molecule has 0 bridgehead atoms. The van der Waals surface area contributed by atoms with E-state index in [0.717, 1.165) is 57.0 Å². The topological polar surface area (TPSA) is 46.8 Å². The summed E-state index contributed by atoms with van der Waals surface area (Å²) in [5, 5.41) is 0.796. The van der Waals surface area contributed by atoms with Crippen LogP contribution >= 0.6 is 11.8 Å². The highest BCUT2D eigenvalue weighted by molar-refractivity contribution is 8.18. The molecule has 2 aliphatic rings. The lowest BCUT2D eigenvalue weighted by atomic mass is 9.94. The minimum Gasteiger partial charge on any atom is -0.494 e. The molecule has 0 N–H and O–H groups in total. The summed E-state index contributed by atoms with van der Waals surface area (Å²) in [6, 6.07) is 20.5. The van der Waals surface area contributed by atoms with Crippen LogP contribution in [0.15, 0.2) is 70.6 Å². The van der Waals surface area contributed by atoms with Gasteiger partial charge in [0.2, 0.25) is 0 Å². The number of thioether (sulfide) groups is 1. The zero-order chi connectivity index (χ0) is 25.1. The number of carbonyl (C=O) groups is 1. The van der Waals surface area contributed by atoms with Crippen molar-refractivity contribution >= 4 is 34.6 Å². The Bertz CT molecular complexity index is 1290. The summed E-state index contributed by atoms with van der Waals surface area (Å²) in [6.07, 6.45) is 7.71. The zero-order valence-electron chi connectivity index (χ0n) is 21.2. The maximum absolute atomic E-state index is 13.7. The lowest BCUT2D eigenvalue weighted by Crippen LogP contribution is -2.40. The quantitative estimate of drug-likeness (QED) is 0.331. The monoisotopic (exact) mass is 499 g/mol. The molecule has 1 aliphatic heterocycles. The molecule has 1 saturated carbocycles. The van der Waals surface area contributed by atoms with Gasteiger partial charge in [0.1, 0.15) is 5.75 Å². The molecule has 2 aromatic carbocycles.